The zero-order valence-corrected chi connectivity index (χ0v) is 17.1. The fourth-order valence-corrected chi connectivity index (χ4v) is 4.09. The van der Waals surface area contributed by atoms with Gasteiger partial charge in [0.1, 0.15) is 11.6 Å². The molecule has 4 nitrogen and oxygen atoms in total. The minimum atomic E-state index is -0.187. The van der Waals surface area contributed by atoms with Crippen LogP contribution < -0.4 is 4.74 Å². The summed E-state index contributed by atoms with van der Waals surface area (Å²) < 4.78 is 18.9. The summed E-state index contributed by atoms with van der Waals surface area (Å²) in [6, 6.07) is 11.3. The number of rotatable bonds is 7. The average Bonchev–Trinajstić information content (AvgIpc) is 2.68. The molecule has 2 aromatic rings. The van der Waals surface area contributed by atoms with Gasteiger partial charge in [0.15, 0.2) is 0 Å². The number of ether oxygens (including phenoxy) is 1. The maximum absolute atomic E-state index is 13.5. The number of nitrogens with zero attached hydrogens (tertiary/aromatic N) is 2. The van der Waals surface area contributed by atoms with Crippen LogP contribution in [0.15, 0.2) is 36.4 Å². The van der Waals surface area contributed by atoms with Crippen molar-refractivity contribution in [3.63, 3.8) is 0 Å². The van der Waals surface area contributed by atoms with Gasteiger partial charge in [-0.3, -0.25) is 9.80 Å². The number of aliphatic hydroxyl groups excluding tert-OH is 1. The number of methoxy groups -OCH3 is 1. The molecule has 0 unspecified atom stereocenters. The Morgan fingerprint density at radius 3 is 2.64 bits per heavy atom. The molecule has 0 aromatic heterocycles. The van der Waals surface area contributed by atoms with E-state index >= 15 is 0 Å². The summed E-state index contributed by atoms with van der Waals surface area (Å²) in [5, 5.41) is 9.57. The summed E-state index contributed by atoms with van der Waals surface area (Å²) in [6.07, 6.45) is 0.744. The molecule has 1 aliphatic rings. The monoisotopic (exact) mass is 386 g/mol. The lowest BCUT2D eigenvalue weighted by Crippen LogP contribution is -2.52. The minimum Gasteiger partial charge on any atom is -0.496 e. The fraction of sp³-hybridized carbons (Fsp3) is 0.478. The second kappa shape index (κ2) is 9.50. The Kier molecular flexibility index (Phi) is 7.05. The van der Waals surface area contributed by atoms with Crippen molar-refractivity contribution < 1.29 is 14.2 Å². The van der Waals surface area contributed by atoms with Gasteiger partial charge in [-0.25, -0.2) is 4.39 Å². The second-order valence-electron chi connectivity index (χ2n) is 7.68. The third kappa shape index (κ3) is 4.90. The summed E-state index contributed by atoms with van der Waals surface area (Å²) >= 11 is 0. The summed E-state index contributed by atoms with van der Waals surface area (Å²) in [7, 11) is 1.70. The van der Waals surface area contributed by atoms with E-state index in [-0.39, 0.29) is 18.5 Å². The molecule has 3 rings (SSSR count). The van der Waals surface area contributed by atoms with E-state index in [0.717, 1.165) is 50.5 Å². The van der Waals surface area contributed by atoms with Crippen LogP contribution in [0.4, 0.5) is 4.39 Å². The van der Waals surface area contributed by atoms with E-state index in [0.29, 0.717) is 0 Å². The molecule has 2 aromatic carbocycles. The second-order valence-corrected chi connectivity index (χ2v) is 7.68. The standard InChI is InChI=1S/C23H31FN2O2/c1-17-18(2)23(28-3)8-7-20(17)15-26-11-10-25(16-22(26)9-12-27)14-19-5-4-6-21(24)13-19/h4-8,13,22,27H,9-12,14-16H2,1-3H3/t22-/m0/s1. The van der Waals surface area contributed by atoms with Crippen LogP contribution in [0.2, 0.25) is 0 Å². The Labute approximate surface area is 167 Å². The molecule has 0 spiro atoms. The number of halogens is 1. The summed E-state index contributed by atoms with van der Waals surface area (Å²) in [4.78, 5) is 4.82. The van der Waals surface area contributed by atoms with Crippen LogP contribution in [0, 0.1) is 19.7 Å². The van der Waals surface area contributed by atoms with Crippen LogP contribution in [-0.2, 0) is 13.1 Å². The molecule has 1 atom stereocenters. The number of hydrogen-bond donors (Lipinski definition) is 1. The largest absolute Gasteiger partial charge is 0.496 e. The molecule has 1 aliphatic heterocycles. The van der Waals surface area contributed by atoms with Gasteiger partial charge in [-0.2, -0.15) is 0 Å². The Morgan fingerprint density at radius 2 is 1.93 bits per heavy atom. The van der Waals surface area contributed by atoms with Crippen molar-refractivity contribution >= 4 is 0 Å². The quantitative estimate of drug-likeness (QED) is 0.790. The van der Waals surface area contributed by atoms with E-state index in [1.54, 1.807) is 19.2 Å². The van der Waals surface area contributed by atoms with Crippen molar-refractivity contribution in [3.05, 3.63) is 64.5 Å². The van der Waals surface area contributed by atoms with Gasteiger partial charge in [-0.05, 0) is 60.7 Å². The first-order valence-corrected chi connectivity index (χ1v) is 9.96. The highest BCUT2D eigenvalue weighted by Crippen LogP contribution is 2.26. The molecule has 0 bridgehead atoms. The van der Waals surface area contributed by atoms with E-state index in [1.165, 1.54) is 22.8 Å². The van der Waals surface area contributed by atoms with Crippen LogP contribution in [-0.4, -0.2) is 54.3 Å². The Balaban J connectivity index is 1.69. The average molecular weight is 387 g/mol. The zero-order valence-electron chi connectivity index (χ0n) is 17.1. The molecule has 5 heteroatoms. The molecule has 0 aliphatic carbocycles. The lowest BCUT2D eigenvalue weighted by atomic mass is 10.00. The molecule has 0 saturated carbocycles. The van der Waals surface area contributed by atoms with Gasteiger partial charge >= 0.3 is 0 Å². The Bertz CT molecular complexity index is 796. The lowest BCUT2D eigenvalue weighted by molar-refractivity contribution is 0.0498. The van der Waals surface area contributed by atoms with Gasteiger partial charge in [-0.1, -0.05) is 18.2 Å². The SMILES string of the molecule is COc1ccc(CN2CCN(Cc3cccc(F)c3)C[C@@H]2CCO)c(C)c1C. The predicted octanol–water partition coefficient (Wildman–Crippen LogP) is 3.52. The van der Waals surface area contributed by atoms with Crippen molar-refractivity contribution in [2.75, 3.05) is 33.4 Å². The van der Waals surface area contributed by atoms with Crippen molar-refractivity contribution in [2.45, 2.75) is 39.4 Å². The zero-order chi connectivity index (χ0) is 20.1. The third-order valence-corrected chi connectivity index (χ3v) is 5.89. The molecule has 1 N–H and O–H groups in total. The van der Waals surface area contributed by atoms with E-state index in [4.69, 9.17) is 4.74 Å². The number of hydrogen-bond acceptors (Lipinski definition) is 4. The highest BCUT2D eigenvalue weighted by Gasteiger charge is 2.27. The van der Waals surface area contributed by atoms with Gasteiger partial charge in [0.05, 0.1) is 7.11 Å². The molecule has 0 radical (unpaired) electrons. The fourth-order valence-electron chi connectivity index (χ4n) is 4.09. The lowest BCUT2D eigenvalue weighted by Gasteiger charge is -2.41. The minimum absolute atomic E-state index is 0.176. The topological polar surface area (TPSA) is 35.9 Å². The smallest absolute Gasteiger partial charge is 0.123 e. The first-order chi connectivity index (χ1) is 13.5. The van der Waals surface area contributed by atoms with Crippen LogP contribution >= 0.6 is 0 Å². The van der Waals surface area contributed by atoms with Crippen LogP contribution in [0.5, 0.6) is 5.75 Å². The van der Waals surface area contributed by atoms with Crippen LogP contribution in [0.25, 0.3) is 0 Å². The predicted molar refractivity (Wildman–Crippen MR) is 110 cm³/mol. The number of benzene rings is 2. The van der Waals surface area contributed by atoms with Gasteiger partial charge in [-0.15, -0.1) is 0 Å². The molecular weight excluding hydrogens is 355 g/mol. The van der Waals surface area contributed by atoms with Gasteiger partial charge in [0, 0.05) is 45.4 Å². The maximum Gasteiger partial charge on any atom is 0.123 e. The maximum atomic E-state index is 13.5. The summed E-state index contributed by atoms with van der Waals surface area (Å²) in [5.74, 6) is 0.737. The molecule has 28 heavy (non-hydrogen) atoms. The molecule has 152 valence electrons. The van der Waals surface area contributed by atoms with Crippen molar-refractivity contribution in [2.24, 2.45) is 0 Å². The summed E-state index contributed by atoms with van der Waals surface area (Å²) in [6.45, 7) is 8.79. The molecular formula is C23H31FN2O2. The first-order valence-electron chi connectivity index (χ1n) is 9.96. The Morgan fingerprint density at radius 1 is 1.11 bits per heavy atom. The molecule has 1 heterocycles. The Hall–Kier alpha value is -1.95. The van der Waals surface area contributed by atoms with Crippen molar-refractivity contribution in [1.29, 1.82) is 0 Å². The van der Waals surface area contributed by atoms with E-state index in [9.17, 15) is 9.50 Å². The third-order valence-electron chi connectivity index (χ3n) is 5.89. The van der Waals surface area contributed by atoms with Crippen LogP contribution in [0.1, 0.15) is 28.7 Å². The van der Waals surface area contributed by atoms with Gasteiger partial charge in [0.25, 0.3) is 0 Å². The number of piperazine rings is 1. The number of aliphatic hydroxyl groups is 1. The van der Waals surface area contributed by atoms with E-state index < -0.39 is 0 Å². The van der Waals surface area contributed by atoms with Crippen LogP contribution in [0.3, 0.4) is 0 Å². The first kappa shape index (κ1) is 20.8. The molecule has 1 fully saturated rings. The highest BCUT2D eigenvalue weighted by atomic mass is 19.1. The molecule has 0 amide bonds. The van der Waals surface area contributed by atoms with Crippen molar-refractivity contribution in [1.82, 2.24) is 9.80 Å². The van der Waals surface area contributed by atoms with Gasteiger partial charge < -0.3 is 9.84 Å². The van der Waals surface area contributed by atoms with E-state index in [2.05, 4.69) is 29.7 Å². The van der Waals surface area contributed by atoms with E-state index in [1.807, 2.05) is 12.1 Å². The van der Waals surface area contributed by atoms with Crippen molar-refractivity contribution in [3.8, 4) is 5.75 Å². The molecule has 1 saturated heterocycles. The normalized spacial score (nSPS) is 18.4. The highest BCUT2D eigenvalue weighted by molar-refractivity contribution is 5.43. The van der Waals surface area contributed by atoms with Gasteiger partial charge in [0.2, 0.25) is 0 Å². The summed E-state index contributed by atoms with van der Waals surface area (Å²) in [5.41, 5.74) is 4.75.